The van der Waals surface area contributed by atoms with Crippen molar-refractivity contribution in [2.45, 2.75) is 12.2 Å². The quantitative estimate of drug-likeness (QED) is 0.459. The maximum atomic E-state index is 5.57. The second-order valence-corrected chi connectivity index (χ2v) is 3.68. The first-order valence-corrected chi connectivity index (χ1v) is 4.56. The molecule has 0 saturated heterocycles. The van der Waals surface area contributed by atoms with Crippen molar-refractivity contribution >= 4 is 23.4 Å². The van der Waals surface area contributed by atoms with Gasteiger partial charge >= 0.3 is 0 Å². The molecule has 1 unspecified atom stereocenters. The number of alkyl halides is 1. The molecular formula is C6H13ClOS. The summed E-state index contributed by atoms with van der Waals surface area (Å²) in [6.07, 6.45) is 0. The van der Waals surface area contributed by atoms with Crippen molar-refractivity contribution in [3.8, 4) is 0 Å². The summed E-state index contributed by atoms with van der Waals surface area (Å²) < 4.78 is 4.87. The molecule has 0 radical (unpaired) electrons. The van der Waals surface area contributed by atoms with Gasteiger partial charge in [0.15, 0.2) is 0 Å². The molecule has 0 aromatic carbocycles. The fourth-order valence-electron chi connectivity index (χ4n) is 0.377. The zero-order valence-electron chi connectivity index (χ0n) is 5.89. The summed E-state index contributed by atoms with van der Waals surface area (Å²) in [5, 5.41) is 0.557. The van der Waals surface area contributed by atoms with Gasteiger partial charge in [-0.15, -0.1) is 11.6 Å². The largest absolute Gasteiger partial charge is 0.384 e. The molecular weight excluding hydrogens is 156 g/mol. The number of halogens is 1. The van der Waals surface area contributed by atoms with Gasteiger partial charge in [0.2, 0.25) is 0 Å². The lowest BCUT2D eigenvalue weighted by Gasteiger charge is -2.04. The van der Waals surface area contributed by atoms with Gasteiger partial charge in [-0.3, -0.25) is 0 Å². The highest BCUT2D eigenvalue weighted by molar-refractivity contribution is 7.99. The molecule has 0 aliphatic rings. The van der Waals surface area contributed by atoms with Crippen molar-refractivity contribution in [2.24, 2.45) is 0 Å². The first-order chi connectivity index (χ1) is 4.31. The molecule has 0 N–H and O–H groups in total. The van der Waals surface area contributed by atoms with Crippen LogP contribution in [0.1, 0.15) is 6.92 Å². The molecule has 0 rings (SSSR count). The number of thioether (sulfide) groups is 1. The SMILES string of the molecule is COCCSC(C)CCl. The van der Waals surface area contributed by atoms with E-state index in [1.54, 1.807) is 7.11 Å². The highest BCUT2D eigenvalue weighted by atomic mass is 35.5. The van der Waals surface area contributed by atoms with Crippen molar-refractivity contribution in [3.63, 3.8) is 0 Å². The molecule has 3 heteroatoms. The minimum Gasteiger partial charge on any atom is -0.384 e. The third-order valence-electron chi connectivity index (χ3n) is 0.907. The smallest absolute Gasteiger partial charge is 0.0553 e. The normalized spacial score (nSPS) is 13.7. The molecule has 0 aromatic heterocycles. The second-order valence-electron chi connectivity index (χ2n) is 1.83. The molecule has 0 aliphatic heterocycles. The molecule has 1 atom stereocenters. The standard InChI is InChI=1S/C6H13ClOS/c1-6(5-7)9-4-3-8-2/h6H,3-5H2,1-2H3. The van der Waals surface area contributed by atoms with Crippen LogP contribution in [0.4, 0.5) is 0 Å². The van der Waals surface area contributed by atoms with E-state index in [0.717, 1.165) is 18.2 Å². The first-order valence-electron chi connectivity index (χ1n) is 2.97. The van der Waals surface area contributed by atoms with Crippen LogP contribution in [0, 0.1) is 0 Å². The Morgan fingerprint density at radius 2 is 2.33 bits per heavy atom. The van der Waals surface area contributed by atoms with Crippen LogP contribution in [0.15, 0.2) is 0 Å². The van der Waals surface area contributed by atoms with Gasteiger partial charge < -0.3 is 4.74 Å². The Balaban J connectivity index is 2.88. The highest BCUT2D eigenvalue weighted by Gasteiger charge is 1.97. The van der Waals surface area contributed by atoms with E-state index in [9.17, 15) is 0 Å². The van der Waals surface area contributed by atoms with Gasteiger partial charge in [0.1, 0.15) is 0 Å². The van der Waals surface area contributed by atoms with E-state index in [1.165, 1.54) is 0 Å². The van der Waals surface area contributed by atoms with Crippen LogP contribution in [0.25, 0.3) is 0 Å². The third-order valence-corrected chi connectivity index (χ3v) is 2.69. The van der Waals surface area contributed by atoms with Crippen LogP contribution < -0.4 is 0 Å². The van der Waals surface area contributed by atoms with Gasteiger partial charge in [-0.1, -0.05) is 6.92 Å². The fraction of sp³-hybridized carbons (Fsp3) is 1.00. The van der Waals surface area contributed by atoms with Crippen LogP contribution in [0.3, 0.4) is 0 Å². The summed E-state index contributed by atoms with van der Waals surface area (Å²) in [7, 11) is 1.71. The molecule has 0 aromatic rings. The van der Waals surface area contributed by atoms with Crippen LogP contribution in [-0.2, 0) is 4.74 Å². The van der Waals surface area contributed by atoms with E-state index >= 15 is 0 Å². The third kappa shape index (κ3) is 6.49. The average Bonchev–Trinajstić information content (AvgIpc) is 1.89. The predicted molar refractivity (Wildman–Crippen MR) is 44.5 cm³/mol. The van der Waals surface area contributed by atoms with Crippen LogP contribution in [-0.4, -0.2) is 30.6 Å². The zero-order valence-corrected chi connectivity index (χ0v) is 7.47. The average molecular weight is 169 g/mol. The van der Waals surface area contributed by atoms with Crippen molar-refractivity contribution in [3.05, 3.63) is 0 Å². The molecule has 1 nitrogen and oxygen atoms in total. The first kappa shape index (κ1) is 9.60. The van der Waals surface area contributed by atoms with E-state index in [1.807, 2.05) is 11.8 Å². The molecule has 9 heavy (non-hydrogen) atoms. The van der Waals surface area contributed by atoms with E-state index in [-0.39, 0.29) is 0 Å². The van der Waals surface area contributed by atoms with E-state index < -0.39 is 0 Å². The number of hydrogen-bond acceptors (Lipinski definition) is 2. The van der Waals surface area contributed by atoms with Crippen molar-refractivity contribution in [1.29, 1.82) is 0 Å². The summed E-state index contributed by atoms with van der Waals surface area (Å²) in [5.74, 6) is 1.78. The van der Waals surface area contributed by atoms with Crippen LogP contribution >= 0.6 is 23.4 Å². The van der Waals surface area contributed by atoms with Gasteiger partial charge in [-0.2, -0.15) is 11.8 Å². The highest BCUT2D eigenvalue weighted by Crippen LogP contribution is 2.10. The lowest BCUT2D eigenvalue weighted by atomic mass is 10.6. The molecule has 0 amide bonds. The van der Waals surface area contributed by atoms with E-state index in [0.29, 0.717) is 5.25 Å². The van der Waals surface area contributed by atoms with Crippen LogP contribution in [0.5, 0.6) is 0 Å². The van der Waals surface area contributed by atoms with E-state index in [4.69, 9.17) is 16.3 Å². The van der Waals surface area contributed by atoms with Crippen molar-refractivity contribution in [2.75, 3.05) is 25.3 Å². The summed E-state index contributed by atoms with van der Waals surface area (Å²) in [6, 6.07) is 0. The van der Waals surface area contributed by atoms with E-state index in [2.05, 4.69) is 6.92 Å². The van der Waals surface area contributed by atoms with Gasteiger partial charge in [-0.25, -0.2) is 0 Å². The van der Waals surface area contributed by atoms with Gasteiger partial charge in [-0.05, 0) is 0 Å². The molecule has 0 heterocycles. The predicted octanol–water partition coefficient (Wildman–Crippen LogP) is 1.99. The Hall–Kier alpha value is 0.600. The Labute approximate surface area is 66.1 Å². The maximum absolute atomic E-state index is 5.57. The number of rotatable bonds is 5. The number of hydrogen-bond donors (Lipinski definition) is 0. The Kier molecular flexibility index (Phi) is 7.16. The minimum atomic E-state index is 0.557. The molecule has 0 aliphatic carbocycles. The molecule has 0 bridgehead atoms. The van der Waals surface area contributed by atoms with Gasteiger partial charge in [0.05, 0.1) is 6.61 Å². The Morgan fingerprint density at radius 1 is 1.67 bits per heavy atom. The summed E-state index contributed by atoms with van der Waals surface area (Å²) in [6.45, 7) is 2.94. The zero-order chi connectivity index (χ0) is 7.11. The van der Waals surface area contributed by atoms with Gasteiger partial charge in [0.25, 0.3) is 0 Å². The van der Waals surface area contributed by atoms with Crippen molar-refractivity contribution < 1.29 is 4.74 Å². The molecule has 56 valence electrons. The molecule has 0 spiro atoms. The molecule has 0 fully saturated rings. The second kappa shape index (κ2) is 6.72. The maximum Gasteiger partial charge on any atom is 0.0553 e. The number of ether oxygens (including phenoxy) is 1. The lowest BCUT2D eigenvalue weighted by molar-refractivity contribution is 0.218. The topological polar surface area (TPSA) is 9.23 Å². The lowest BCUT2D eigenvalue weighted by Crippen LogP contribution is -2.01. The Bertz CT molecular complexity index is 61.0. The summed E-state index contributed by atoms with van der Waals surface area (Å²) in [5.41, 5.74) is 0. The van der Waals surface area contributed by atoms with Crippen LogP contribution in [0.2, 0.25) is 0 Å². The summed E-state index contributed by atoms with van der Waals surface area (Å²) in [4.78, 5) is 0. The Morgan fingerprint density at radius 3 is 2.78 bits per heavy atom. The molecule has 0 saturated carbocycles. The number of methoxy groups -OCH3 is 1. The monoisotopic (exact) mass is 168 g/mol. The summed E-state index contributed by atoms with van der Waals surface area (Å²) >= 11 is 7.41. The van der Waals surface area contributed by atoms with Gasteiger partial charge in [0, 0.05) is 24.0 Å². The van der Waals surface area contributed by atoms with Crippen molar-refractivity contribution in [1.82, 2.24) is 0 Å². The minimum absolute atomic E-state index is 0.557. The fourth-order valence-corrected chi connectivity index (χ4v) is 1.40.